The highest BCUT2D eigenvalue weighted by molar-refractivity contribution is 5.15. The minimum Gasteiger partial charge on any atom is -0.396 e. The number of aliphatic hydroxyl groups excluding tert-OH is 1. The third kappa shape index (κ3) is 9.53. The molecule has 1 aliphatic rings. The first-order valence-corrected chi connectivity index (χ1v) is 14.1. The third-order valence-electron chi connectivity index (χ3n) is 6.92. The Labute approximate surface area is 232 Å². The van der Waals surface area contributed by atoms with Crippen molar-refractivity contribution in [1.82, 2.24) is 0 Å². The fourth-order valence-electron chi connectivity index (χ4n) is 4.77. The molecule has 0 amide bonds. The number of unbranched alkanes of at least 4 members (excludes halogenated alkanes) is 3. The van der Waals surface area contributed by atoms with Gasteiger partial charge < -0.3 is 28.8 Å². The Morgan fingerprint density at radius 3 is 1.54 bits per heavy atom. The van der Waals surface area contributed by atoms with Crippen LogP contribution < -0.4 is 0 Å². The van der Waals surface area contributed by atoms with E-state index in [1.54, 1.807) is 0 Å². The predicted octanol–water partition coefficient (Wildman–Crippen LogP) is 6.06. The molecule has 0 bridgehead atoms. The van der Waals surface area contributed by atoms with Gasteiger partial charge in [0.25, 0.3) is 0 Å². The van der Waals surface area contributed by atoms with Gasteiger partial charge in [-0.05, 0) is 36.5 Å². The van der Waals surface area contributed by atoms with Crippen LogP contribution in [0.5, 0.6) is 0 Å². The third-order valence-corrected chi connectivity index (χ3v) is 6.92. The van der Waals surface area contributed by atoms with Crippen LogP contribution in [0, 0.1) is 0 Å². The molecule has 6 heteroatoms. The molecule has 0 unspecified atom stereocenters. The lowest BCUT2D eigenvalue weighted by atomic mass is 9.98. The summed E-state index contributed by atoms with van der Waals surface area (Å²) in [6, 6.07) is 30.4. The Balaban J connectivity index is 1.51. The van der Waals surface area contributed by atoms with E-state index in [4.69, 9.17) is 28.8 Å². The predicted molar refractivity (Wildman–Crippen MR) is 151 cm³/mol. The monoisotopic (exact) mass is 534 g/mol. The van der Waals surface area contributed by atoms with Crippen LogP contribution in [0.3, 0.4) is 0 Å². The number of aliphatic hydroxyl groups is 1. The summed E-state index contributed by atoms with van der Waals surface area (Å²) in [5.41, 5.74) is 3.25. The van der Waals surface area contributed by atoms with Gasteiger partial charge in [0.1, 0.15) is 18.3 Å². The molecule has 39 heavy (non-hydrogen) atoms. The summed E-state index contributed by atoms with van der Waals surface area (Å²) in [6.45, 7) is 4.09. The molecule has 0 spiro atoms. The van der Waals surface area contributed by atoms with E-state index in [0.29, 0.717) is 26.4 Å². The smallest absolute Gasteiger partial charge is 0.186 e. The molecular weight excluding hydrogens is 492 g/mol. The summed E-state index contributed by atoms with van der Waals surface area (Å²) in [4.78, 5) is 0. The highest BCUT2D eigenvalue weighted by Crippen LogP contribution is 2.31. The van der Waals surface area contributed by atoms with Crippen molar-refractivity contribution in [3.8, 4) is 0 Å². The zero-order valence-electron chi connectivity index (χ0n) is 22.9. The van der Waals surface area contributed by atoms with E-state index in [2.05, 4.69) is 24.3 Å². The summed E-state index contributed by atoms with van der Waals surface area (Å²) in [6.07, 6.45) is 1.61. The topological polar surface area (TPSA) is 66.4 Å². The van der Waals surface area contributed by atoms with Crippen LogP contribution >= 0.6 is 0 Å². The first-order valence-electron chi connectivity index (χ1n) is 14.1. The molecule has 3 aromatic rings. The van der Waals surface area contributed by atoms with Crippen molar-refractivity contribution in [2.24, 2.45) is 0 Å². The van der Waals surface area contributed by atoms with Crippen LogP contribution in [0.4, 0.5) is 0 Å². The number of hydrogen-bond acceptors (Lipinski definition) is 6. The second-order valence-electron chi connectivity index (χ2n) is 10.0. The molecule has 0 saturated carbocycles. The van der Waals surface area contributed by atoms with Crippen LogP contribution in [-0.4, -0.2) is 49.0 Å². The van der Waals surface area contributed by atoms with Gasteiger partial charge in [0.05, 0.1) is 25.9 Å². The maximum atomic E-state index is 9.05. The van der Waals surface area contributed by atoms with E-state index < -0.39 is 18.5 Å². The first kappa shape index (κ1) is 29.4. The summed E-state index contributed by atoms with van der Waals surface area (Å²) in [5, 5.41) is 9.05. The summed E-state index contributed by atoms with van der Waals surface area (Å²) < 4.78 is 32.3. The summed E-state index contributed by atoms with van der Waals surface area (Å²) >= 11 is 0. The molecule has 0 radical (unpaired) electrons. The molecule has 4 rings (SSSR count). The summed E-state index contributed by atoms with van der Waals surface area (Å²) in [7, 11) is 0. The van der Waals surface area contributed by atoms with Crippen LogP contribution in [0.2, 0.25) is 0 Å². The number of ether oxygens (including phenoxy) is 5. The van der Waals surface area contributed by atoms with E-state index in [9.17, 15) is 0 Å². The lowest BCUT2D eigenvalue weighted by Crippen LogP contribution is -2.60. The molecule has 1 saturated heterocycles. The molecule has 1 N–H and O–H groups in total. The van der Waals surface area contributed by atoms with Crippen molar-refractivity contribution in [3.05, 3.63) is 108 Å². The maximum absolute atomic E-state index is 9.05. The maximum Gasteiger partial charge on any atom is 0.186 e. The highest BCUT2D eigenvalue weighted by atomic mass is 16.7. The normalized spacial score (nSPS) is 23.1. The summed E-state index contributed by atoms with van der Waals surface area (Å²) in [5.74, 6) is 0. The molecule has 0 aromatic heterocycles. The van der Waals surface area contributed by atoms with Crippen molar-refractivity contribution >= 4 is 0 Å². The number of rotatable bonds is 16. The van der Waals surface area contributed by atoms with Gasteiger partial charge in [0, 0.05) is 13.2 Å². The minimum absolute atomic E-state index is 0.226. The van der Waals surface area contributed by atoms with E-state index in [0.717, 1.165) is 42.4 Å². The lowest BCUT2D eigenvalue weighted by molar-refractivity contribution is -0.320. The molecule has 1 heterocycles. The van der Waals surface area contributed by atoms with Crippen LogP contribution in [0.15, 0.2) is 91.0 Å². The number of benzene rings is 3. The number of hydrogen-bond donors (Lipinski definition) is 1. The van der Waals surface area contributed by atoms with Gasteiger partial charge in [-0.2, -0.15) is 0 Å². The van der Waals surface area contributed by atoms with Crippen molar-refractivity contribution in [2.75, 3.05) is 13.2 Å². The zero-order valence-corrected chi connectivity index (χ0v) is 22.9. The van der Waals surface area contributed by atoms with Gasteiger partial charge in [-0.1, -0.05) is 104 Å². The van der Waals surface area contributed by atoms with Crippen molar-refractivity contribution in [2.45, 2.75) is 83.1 Å². The fraction of sp³-hybridized carbons (Fsp3) is 0.455. The van der Waals surface area contributed by atoms with Gasteiger partial charge in [-0.15, -0.1) is 0 Å². The van der Waals surface area contributed by atoms with Crippen molar-refractivity contribution < 1.29 is 28.8 Å². The average molecular weight is 535 g/mol. The molecule has 210 valence electrons. The Kier molecular flexibility index (Phi) is 12.4. The SMILES string of the molecule is C[C@@H]1O[C@@H](OCCCCCCO)[C@@H](OCc2ccccc2)[C@H](OCc2ccccc2)[C@@H]1OCc1ccccc1. The molecule has 3 aromatic carbocycles. The molecule has 5 atom stereocenters. The average Bonchev–Trinajstić information content (AvgIpc) is 2.98. The first-order chi connectivity index (χ1) is 19.2. The highest BCUT2D eigenvalue weighted by Gasteiger charge is 2.47. The second-order valence-corrected chi connectivity index (χ2v) is 10.0. The minimum atomic E-state index is -0.584. The van der Waals surface area contributed by atoms with Crippen molar-refractivity contribution in [1.29, 1.82) is 0 Å². The quantitative estimate of drug-likeness (QED) is 0.226. The van der Waals surface area contributed by atoms with E-state index in [-0.39, 0.29) is 18.8 Å². The Hall–Kier alpha value is -2.58. The zero-order chi connectivity index (χ0) is 27.1. The van der Waals surface area contributed by atoms with Gasteiger partial charge in [0.15, 0.2) is 6.29 Å². The van der Waals surface area contributed by atoms with Gasteiger partial charge >= 0.3 is 0 Å². The molecular formula is C33H42O6. The van der Waals surface area contributed by atoms with Gasteiger partial charge in [-0.25, -0.2) is 0 Å². The standard InChI is InChI=1S/C33H42O6/c1-26-30(36-23-27-15-7-4-8-16-27)31(37-24-28-17-9-5-10-18-28)32(38-25-29-19-11-6-12-20-29)33(39-26)35-22-14-3-2-13-21-34/h4-12,15-20,26,30-34H,2-3,13-14,21-25H2,1H3/t26-,30+,31+,32-,33+/m0/s1. The Morgan fingerprint density at radius 1 is 0.564 bits per heavy atom. The van der Waals surface area contributed by atoms with E-state index >= 15 is 0 Å². The van der Waals surface area contributed by atoms with Crippen LogP contribution in [0.1, 0.15) is 49.3 Å². The van der Waals surface area contributed by atoms with Crippen LogP contribution in [-0.2, 0) is 43.5 Å². The van der Waals surface area contributed by atoms with Crippen LogP contribution in [0.25, 0.3) is 0 Å². The Morgan fingerprint density at radius 2 is 1.03 bits per heavy atom. The van der Waals surface area contributed by atoms with Crippen molar-refractivity contribution in [3.63, 3.8) is 0 Å². The lowest BCUT2D eigenvalue weighted by Gasteiger charge is -2.45. The Bertz CT molecular complexity index is 1030. The molecule has 0 aliphatic carbocycles. The van der Waals surface area contributed by atoms with Gasteiger partial charge in [-0.3, -0.25) is 0 Å². The van der Waals surface area contributed by atoms with E-state index in [1.807, 2.05) is 73.7 Å². The molecule has 6 nitrogen and oxygen atoms in total. The molecule has 1 fully saturated rings. The van der Waals surface area contributed by atoms with E-state index in [1.165, 1.54) is 0 Å². The van der Waals surface area contributed by atoms with Gasteiger partial charge in [0.2, 0.25) is 0 Å². The largest absolute Gasteiger partial charge is 0.396 e. The molecule has 1 aliphatic heterocycles. The fourth-order valence-corrected chi connectivity index (χ4v) is 4.77. The second kappa shape index (κ2) is 16.5.